The van der Waals surface area contributed by atoms with Crippen molar-refractivity contribution in [2.24, 2.45) is 0 Å². The summed E-state index contributed by atoms with van der Waals surface area (Å²) < 4.78 is 13.8. The molecule has 0 radical (unpaired) electrons. The Hall–Kier alpha value is -1.19. The highest BCUT2D eigenvalue weighted by molar-refractivity contribution is 7.07. The van der Waals surface area contributed by atoms with E-state index in [0.29, 0.717) is 6.04 Å². The van der Waals surface area contributed by atoms with Crippen molar-refractivity contribution < 1.29 is 4.39 Å². The fourth-order valence-corrected chi connectivity index (χ4v) is 3.03. The molecule has 2 rings (SSSR count). The average Bonchev–Trinajstić information content (AvgIpc) is 2.89. The zero-order valence-electron chi connectivity index (χ0n) is 11.4. The molecule has 0 aliphatic rings. The molecule has 0 saturated carbocycles. The largest absolute Gasteiger partial charge is 0.307 e. The van der Waals surface area contributed by atoms with Crippen LogP contribution in [0.2, 0.25) is 0 Å². The highest BCUT2D eigenvalue weighted by atomic mass is 32.1. The minimum absolute atomic E-state index is 0.0786. The summed E-state index contributed by atoms with van der Waals surface area (Å²) in [5.41, 5.74) is 2.11. The van der Waals surface area contributed by atoms with E-state index in [2.05, 4.69) is 36.0 Å². The Kier molecular flexibility index (Phi) is 5.11. The third-order valence-electron chi connectivity index (χ3n) is 3.30. The first kappa shape index (κ1) is 14.2. The van der Waals surface area contributed by atoms with Crippen LogP contribution in [-0.4, -0.2) is 6.04 Å². The second-order valence-corrected chi connectivity index (χ2v) is 5.67. The van der Waals surface area contributed by atoms with Gasteiger partial charge in [-0.3, -0.25) is 0 Å². The molecule has 1 aromatic heterocycles. The summed E-state index contributed by atoms with van der Waals surface area (Å²) in [5, 5.41) is 7.79. The molecule has 0 bridgehead atoms. The van der Waals surface area contributed by atoms with Crippen LogP contribution in [0, 0.1) is 5.82 Å². The Morgan fingerprint density at radius 2 is 2.05 bits per heavy atom. The van der Waals surface area contributed by atoms with Crippen molar-refractivity contribution in [2.75, 3.05) is 0 Å². The van der Waals surface area contributed by atoms with E-state index in [0.717, 1.165) is 18.4 Å². The molecule has 3 heteroatoms. The van der Waals surface area contributed by atoms with Crippen molar-refractivity contribution in [3.63, 3.8) is 0 Å². The lowest BCUT2D eigenvalue weighted by molar-refractivity contribution is 0.429. The summed E-state index contributed by atoms with van der Waals surface area (Å²) in [4.78, 5) is 0. The zero-order valence-corrected chi connectivity index (χ0v) is 12.2. The van der Waals surface area contributed by atoms with Gasteiger partial charge in [0.05, 0.1) is 0 Å². The average molecular weight is 277 g/mol. The van der Waals surface area contributed by atoms with E-state index in [1.165, 1.54) is 11.6 Å². The standard InChI is InChI=1S/C16H20FNS/c1-3-16(14-6-4-5-7-15(14)17)18-12(2)10-13-8-9-19-11-13/h4-9,11-12,16,18H,3,10H2,1-2H3. The van der Waals surface area contributed by atoms with E-state index >= 15 is 0 Å². The minimum Gasteiger partial charge on any atom is -0.307 e. The first-order chi connectivity index (χ1) is 9.20. The van der Waals surface area contributed by atoms with Gasteiger partial charge in [0, 0.05) is 17.6 Å². The van der Waals surface area contributed by atoms with E-state index in [1.807, 2.05) is 12.1 Å². The molecule has 0 aliphatic carbocycles. The monoisotopic (exact) mass is 277 g/mol. The first-order valence-corrected chi connectivity index (χ1v) is 7.66. The van der Waals surface area contributed by atoms with Crippen molar-refractivity contribution in [2.45, 2.75) is 38.8 Å². The molecule has 2 unspecified atom stereocenters. The third-order valence-corrected chi connectivity index (χ3v) is 4.03. The van der Waals surface area contributed by atoms with Crippen LogP contribution in [0.15, 0.2) is 41.1 Å². The van der Waals surface area contributed by atoms with Gasteiger partial charge in [0.15, 0.2) is 0 Å². The van der Waals surface area contributed by atoms with Crippen LogP contribution in [0.4, 0.5) is 4.39 Å². The normalized spacial score (nSPS) is 14.3. The molecule has 1 nitrogen and oxygen atoms in total. The van der Waals surface area contributed by atoms with Crippen LogP contribution >= 0.6 is 11.3 Å². The predicted octanol–water partition coefficient (Wildman–Crippen LogP) is 4.56. The minimum atomic E-state index is -0.121. The van der Waals surface area contributed by atoms with Gasteiger partial charge in [0.2, 0.25) is 0 Å². The quantitative estimate of drug-likeness (QED) is 0.816. The molecule has 0 saturated heterocycles. The van der Waals surface area contributed by atoms with Crippen LogP contribution in [-0.2, 0) is 6.42 Å². The van der Waals surface area contributed by atoms with Gasteiger partial charge in [-0.1, -0.05) is 25.1 Å². The Labute approximate surface area is 118 Å². The van der Waals surface area contributed by atoms with Crippen molar-refractivity contribution in [1.82, 2.24) is 5.32 Å². The summed E-state index contributed by atoms with van der Waals surface area (Å²) in [7, 11) is 0. The molecule has 0 fully saturated rings. The molecule has 1 heterocycles. The van der Waals surface area contributed by atoms with Gasteiger partial charge < -0.3 is 5.32 Å². The van der Waals surface area contributed by atoms with Gasteiger partial charge in [-0.2, -0.15) is 11.3 Å². The molecule has 2 aromatic rings. The molecule has 1 N–H and O–H groups in total. The Morgan fingerprint density at radius 3 is 2.68 bits per heavy atom. The summed E-state index contributed by atoms with van der Waals surface area (Å²) in [5.74, 6) is -0.121. The smallest absolute Gasteiger partial charge is 0.127 e. The van der Waals surface area contributed by atoms with Gasteiger partial charge in [-0.05, 0) is 48.2 Å². The molecular formula is C16H20FNS. The van der Waals surface area contributed by atoms with Gasteiger partial charge in [-0.25, -0.2) is 4.39 Å². The highest BCUT2D eigenvalue weighted by Crippen LogP contribution is 2.21. The molecule has 2 atom stereocenters. The molecular weight excluding hydrogens is 257 g/mol. The number of thiophene rings is 1. The second-order valence-electron chi connectivity index (χ2n) is 4.89. The van der Waals surface area contributed by atoms with Crippen LogP contribution in [0.25, 0.3) is 0 Å². The van der Waals surface area contributed by atoms with Gasteiger partial charge in [0.1, 0.15) is 5.82 Å². The number of benzene rings is 1. The third kappa shape index (κ3) is 3.88. The molecule has 0 aliphatic heterocycles. The van der Waals surface area contributed by atoms with Crippen LogP contribution < -0.4 is 5.32 Å². The first-order valence-electron chi connectivity index (χ1n) is 6.72. The lowest BCUT2D eigenvalue weighted by atomic mass is 10.0. The maximum absolute atomic E-state index is 13.8. The van der Waals surface area contributed by atoms with Crippen molar-refractivity contribution in [1.29, 1.82) is 0 Å². The molecule has 1 aromatic carbocycles. The van der Waals surface area contributed by atoms with Crippen molar-refractivity contribution in [3.05, 3.63) is 58.0 Å². The van der Waals surface area contributed by atoms with E-state index in [9.17, 15) is 4.39 Å². The number of nitrogens with one attached hydrogen (secondary N) is 1. The number of hydrogen-bond acceptors (Lipinski definition) is 2. The van der Waals surface area contributed by atoms with Crippen molar-refractivity contribution >= 4 is 11.3 Å². The maximum Gasteiger partial charge on any atom is 0.127 e. The lowest BCUT2D eigenvalue weighted by Gasteiger charge is -2.23. The number of hydrogen-bond donors (Lipinski definition) is 1. The van der Waals surface area contributed by atoms with E-state index in [-0.39, 0.29) is 11.9 Å². The zero-order chi connectivity index (χ0) is 13.7. The van der Waals surface area contributed by atoms with Crippen LogP contribution in [0.3, 0.4) is 0 Å². The number of halogens is 1. The Morgan fingerprint density at radius 1 is 1.26 bits per heavy atom. The Bertz CT molecular complexity index is 495. The fourth-order valence-electron chi connectivity index (χ4n) is 2.35. The number of rotatable bonds is 6. The lowest BCUT2D eigenvalue weighted by Crippen LogP contribution is -2.32. The van der Waals surface area contributed by atoms with Crippen LogP contribution in [0.5, 0.6) is 0 Å². The SMILES string of the molecule is CCC(NC(C)Cc1ccsc1)c1ccccc1F. The summed E-state index contributed by atoms with van der Waals surface area (Å²) in [6.07, 6.45) is 1.86. The second kappa shape index (κ2) is 6.83. The fraction of sp³-hybridized carbons (Fsp3) is 0.375. The molecule has 0 spiro atoms. The topological polar surface area (TPSA) is 12.0 Å². The van der Waals surface area contributed by atoms with Crippen LogP contribution in [0.1, 0.15) is 37.4 Å². The summed E-state index contributed by atoms with van der Waals surface area (Å²) in [6, 6.07) is 9.59. The highest BCUT2D eigenvalue weighted by Gasteiger charge is 2.15. The summed E-state index contributed by atoms with van der Waals surface area (Å²) in [6.45, 7) is 4.24. The van der Waals surface area contributed by atoms with Gasteiger partial charge >= 0.3 is 0 Å². The van der Waals surface area contributed by atoms with Crippen molar-refractivity contribution in [3.8, 4) is 0 Å². The maximum atomic E-state index is 13.8. The molecule has 0 amide bonds. The Balaban J connectivity index is 2.01. The van der Waals surface area contributed by atoms with E-state index in [1.54, 1.807) is 17.4 Å². The van der Waals surface area contributed by atoms with Gasteiger partial charge in [-0.15, -0.1) is 0 Å². The summed E-state index contributed by atoms with van der Waals surface area (Å²) >= 11 is 1.72. The van der Waals surface area contributed by atoms with Gasteiger partial charge in [0.25, 0.3) is 0 Å². The van der Waals surface area contributed by atoms with E-state index in [4.69, 9.17) is 0 Å². The predicted molar refractivity (Wildman–Crippen MR) is 80.1 cm³/mol. The molecule has 102 valence electrons. The van der Waals surface area contributed by atoms with E-state index < -0.39 is 0 Å². The molecule has 19 heavy (non-hydrogen) atoms.